The van der Waals surface area contributed by atoms with Crippen LogP contribution in [0.5, 0.6) is 0 Å². The third kappa shape index (κ3) is 3.54. The van der Waals surface area contributed by atoms with E-state index in [-0.39, 0.29) is 5.78 Å². The monoisotopic (exact) mass is 359 g/mol. The average molecular weight is 359 g/mol. The number of ketones is 1. The molecule has 2 aliphatic carbocycles. The van der Waals surface area contributed by atoms with Gasteiger partial charge in [-0.1, -0.05) is 31.0 Å². The summed E-state index contributed by atoms with van der Waals surface area (Å²) in [4.78, 5) is 12.6. The number of hydrogen-bond acceptors (Lipinski definition) is 5. The molecule has 0 amide bonds. The standard InChI is InChI=1S/C19H25N3O2S/c1-12-10-16(13(2)22(12)15-8-9-15)17(23)11-25-19-21-20-18(24-19)14-6-4-3-5-7-14/h10,14-15H,3-9,11H2,1-2H3. The highest BCUT2D eigenvalue weighted by Crippen LogP contribution is 2.38. The van der Waals surface area contributed by atoms with Crippen LogP contribution in [0.3, 0.4) is 0 Å². The summed E-state index contributed by atoms with van der Waals surface area (Å²) in [7, 11) is 0. The number of aryl methyl sites for hydroxylation is 1. The van der Waals surface area contributed by atoms with Crippen LogP contribution in [0.15, 0.2) is 15.7 Å². The maximum Gasteiger partial charge on any atom is 0.277 e. The number of carbonyl (C=O) groups excluding carboxylic acids is 1. The van der Waals surface area contributed by atoms with E-state index in [4.69, 9.17) is 4.42 Å². The lowest BCUT2D eigenvalue weighted by Crippen LogP contribution is -2.05. The van der Waals surface area contributed by atoms with Gasteiger partial charge in [0.05, 0.1) is 5.75 Å². The number of rotatable bonds is 6. The molecular formula is C19H25N3O2S. The molecule has 0 spiro atoms. The fraction of sp³-hybridized carbons (Fsp3) is 0.632. The van der Waals surface area contributed by atoms with Crippen molar-refractivity contribution in [3.8, 4) is 0 Å². The minimum absolute atomic E-state index is 0.141. The lowest BCUT2D eigenvalue weighted by Gasteiger charge is -2.17. The largest absolute Gasteiger partial charge is 0.416 e. The van der Waals surface area contributed by atoms with Crippen molar-refractivity contribution in [2.24, 2.45) is 0 Å². The van der Waals surface area contributed by atoms with Gasteiger partial charge in [0.15, 0.2) is 5.78 Å². The van der Waals surface area contributed by atoms with Gasteiger partial charge in [0, 0.05) is 28.9 Å². The number of hydrogen-bond donors (Lipinski definition) is 0. The first-order valence-corrected chi connectivity index (χ1v) is 10.3. The van der Waals surface area contributed by atoms with Crippen LogP contribution < -0.4 is 0 Å². The normalized spacial score (nSPS) is 18.6. The Balaban J connectivity index is 1.39. The zero-order chi connectivity index (χ0) is 17.4. The summed E-state index contributed by atoms with van der Waals surface area (Å²) < 4.78 is 8.11. The summed E-state index contributed by atoms with van der Waals surface area (Å²) in [5.74, 6) is 1.65. The van der Waals surface area contributed by atoms with Gasteiger partial charge in [0.2, 0.25) is 5.89 Å². The summed E-state index contributed by atoms with van der Waals surface area (Å²) in [6, 6.07) is 2.63. The Morgan fingerprint density at radius 1 is 1.20 bits per heavy atom. The Hall–Kier alpha value is -1.56. The summed E-state index contributed by atoms with van der Waals surface area (Å²) in [6.07, 6.45) is 8.52. The smallest absolute Gasteiger partial charge is 0.277 e. The van der Waals surface area contributed by atoms with E-state index in [0.717, 1.165) is 30.0 Å². The predicted octanol–water partition coefficient (Wildman–Crippen LogP) is 4.85. The van der Waals surface area contributed by atoms with Crippen LogP contribution in [0.25, 0.3) is 0 Å². The highest BCUT2D eigenvalue weighted by atomic mass is 32.2. The van der Waals surface area contributed by atoms with Crippen molar-refractivity contribution >= 4 is 17.5 Å². The van der Waals surface area contributed by atoms with E-state index >= 15 is 0 Å². The molecule has 5 nitrogen and oxygen atoms in total. The minimum Gasteiger partial charge on any atom is -0.416 e. The molecule has 0 N–H and O–H groups in total. The van der Waals surface area contributed by atoms with Gasteiger partial charge < -0.3 is 8.98 Å². The van der Waals surface area contributed by atoms with E-state index in [9.17, 15) is 4.79 Å². The van der Waals surface area contributed by atoms with Gasteiger partial charge in [-0.2, -0.15) is 0 Å². The van der Waals surface area contributed by atoms with Crippen LogP contribution in [0.2, 0.25) is 0 Å². The molecule has 2 fully saturated rings. The molecule has 2 aromatic heterocycles. The van der Waals surface area contributed by atoms with E-state index in [1.165, 1.54) is 49.6 Å². The first-order valence-electron chi connectivity index (χ1n) is 9.31. The minimum atomic E-state index is 0.141. The second kappa shape index (κ2) is 6.98. The Bertz CT molecular complexity index is 770. The zero-order valence-electron chi connectivity index (χ0n) is 15.0. The number of nitrogens with zero attached hydrogens (tertiary/aromatic N) is 3. The van der Waals surface area contributed by atoms with Gasteiger partial charge in [-0.25, -0.2) is 0 Å². The molecule has 2 saturated carbocycles. The first kappa shape index (κ1) is 16.9. The van der Waals surface area contributed by atoms with Crippen molar-refractivity contribution in [3.05, 3.63) is 28.9 Å². The summed E-state index contributed by atoms with van der Waals surface area (Å²) in [5, 5.41) is 8.85. The molecule has 4 rings (SSSR count). The van der Waals surface area contributed by atoms with Crippen molar-refractivity contribution in [3.63, 3.8) is 0 Å². The Morgan fingerprint density at radius 2 is 1.96 bits per heavy atom. The third-order valence-electron chi connectivity index (χ3n) is 5.40. The quantitative estimate of drug-likeness (QED) is 0.545. The number of aromatic nitrogens is 3. The highest BCUT2D eigenvalue weighted by molar-refractivity contribution is 7.99. The summed E-state index contributed by atoms with van der Waals surface area (Å²) >= 11 is 1.36. The number of Topliss-reactive ketones (excluding diaryl/α,β-unsaturated/α-hetero) is 1. The van der Waals surface area contributed by atoms with Crippen molar-refractivity contribution in [1.82, 2.24) is 14.8 Å². The molecule has 0 bridgehead atoms. The van der Waals surface area contributed by atoms with Crippen LogP contribution in [-0.4, -0.2) is 26.3 Å². The van der Waals surface area contributed by atoms with Gasteiger partial charge in [-0.05, 0) is 45.6 Å². The fourth-order valence-electron chi connectivity index (χ4n) is 3.95. The molecule has 2 aliphatic rings. The van der Waals surface area contributed by atoms with Gasteiger partial charge in [-0.3, -0.25) is 4.79 Å². The molecule has 0 atom stereocenters. The van der Waals surface area contributed by atoms with Crippen molar-refractivity contribution in [2.45, 2.75) is 76.0 Å². The average Bonchev–Trinajstić information content (AvgIpc) is 3.25. The van der Waals surface area contributed by atoms with Crippen LogP contribution in [0.1, 0.15) is 84.5 Å². The molecule has 2 aromatic rings. The maximum absolute atomic E-state index is 12.6. The first-order chi connectivity index (χ1) is 12.1. The van der Waals surface area contributed by atoms with Crippen LogP contribution >= 0.6 is 11.8 Å². The predicted molar refractivity (Wildman–Crippen MR) is 97.4 cm³/mol. The van der Waals surface area contributed by atoms with Crippen LogP contribution in [0.4, 0.5) is 0 Å². The molecule has 134 valence electrons. The molecule has 2 heterocycles. The molecule has 0 saturated heterocycles. The topological polar surface area (TPSA) is 60.9 Å². The van der Waals surface area contributed by atoms with E-state index < -0.39 is 0 Å². The summed E-state index contributed by atoms with van der Waals surface area (Å²) in [5.41, 5.74) is 3.12. The highest BCUT2D eigenvalue weighted by Gasteiger charge is 2.28. The third-order valence-corrected chi connectivity index (χ3v) is 6.22. The van der Waals surface area contributed by atoms with Gasteiger partial charge in [0.25, 0.3) is 5.22 Å². The Labute approximate surface area is 152 Å². The van der Waals surface area contributed by atoms with E-state index in [0.29, 0.717) is 22.9 Å². The maximum atomic E-state index is 12.6. The molecule has 0 aliphatic heterocycles. The molecule has 0 aromatic carbocycles. The molecule has 6 heteroatoms. The SMILES string of the molecule is Cc1cc(C(=O)CSc2nnc(C3CCCCC3)o2)c(C)n1C1CC1. The van der Waals surface area contributed by atoms with Gasteiger partial charge in [-0.15, -0.1) is 10.2 Å². The molecule has 0 unspecified atom stereocenters. The van der Waals surface area contributed by atoms with Crippen molar-refractivity contribution in [2.75, 3.05) is 5.75 Å². The molecular weight excluding hydrogens is 334 g/mol. The number of thioether (sulfide) groups is 1. The van der Waals surface area contributed by atoms with Crippen molar-refractivity contribution < 1.29 is 9.21 Å². The van der Waals surface area contributed by atoms with E-state index in [2.05, 4.69) is 28.6 Å². The molecule has 25 heavy (non-hydrogen) atoms. The lowest BCUT2D eigenvalue weighted by molar-refractivity contribution is 0.102. The second-order valence-electron chi connectivity index (χ2n) is 7.34. The Kier molecular flexibility index (Phi) is 4.71. The Morgan fingerprint density at radius 3 is 2.68 bits per heavy atom. The zero-order valence-corrected chi connectivity index (χ0v) is 15.8. The summed E-state index contributed by atoms with van der Waals surface area (Å²) in [6.45, 7) is 4.14. The lowest BCUT2D eigenvalue weighted by atomic mass is 9.89. The second-order valence-corrected chi connectivity index (χ2v) is 8.27. The van der Waals surface area contributed by atoms with Crippen LogP contribution in [0, 0.1) is 13.8 Å². The van der Waals surface area contributed by atoms with Gasteiger partial charge in [0.1, 0.15) is 0 Å². The van der Waals surface area contributed by atoms with E-state index in [1.807, 2.05) is 6.07 Å². The van der Waals surface area contributed by atoms with Crippen molar-refractivity contribution in [1.29, 1.82) is 0 Å². The number of carbonyl (C=O) groups is 1. The fourth-order valence-corrected chi connectivity index (χ4v) is 4.61. The van der Waals surface area contributed by atoms with Crippen LogP contribution in [-0.2, 0) is 0 Å². The van der Waals surface area contributed by atoms with Gasteiger partial charge >= 0.3 is 0 Å². The molecule has 0 radical (unpaired) electrons. The van der Waals surface area contributed by atoms with E-state index in [1.54, 1.807) is 0 Å².